The molecule has 0 aliphatic heterocycles. The maximum absolute atomic E-state index is 9.11. The summed E-state index contributed by atoms with van der Waals surface area (Å²) in [6.45, 7) is 0. The second kappa shape index (κ2) is 8.89. The summed E-state index contributed by atoms with van der Waals surface area (Å²) in [6.07, 6.45) is 1.41. The first-order valence-electron chi connectivity index (χ1n) is 1.20. The van der Waals surface area contributed by atoms with E-state index in [1.165, 1.54) is 6.41 Å². The third-order valence-corrected chi connectivity index (χ3v) is 0.176. The summed E-state index contributed by atoms with van der Waals surface area (Å²) in [7, 11) is 1.59. The van der Waals surface area contributed by atoms with Crippen LogP contribution in [-0.4, -0.2) is 13.5 Å². The molecule has 3 nitrogen and oxygen atoms in total. The van der Waals surface area contributed by atoms with Gasteiger partial charge in [-0.25, -0.2) is 0 Å². The third kappa shape index (κ3) is 8.99. The van der Waals surface area contributed by atoms with Gasteiger partial charge in [0.25, 0.3) is 0 Å². The molecule has 1 amide bonds. The SMILES string of the molecule is CNN[C-]=O.[V]. The van der Waals surface area contributed by atoms with E-state index < -0.39 is 0 Å². The summed E-state index contributed by atoms with van der Waals surface area (Å²) < 4.78 is 0. The Kier molecular flexibility index (Phi) is 13.9. The second-order valence-corrected chi connectivity index (χ2v) is 0.477. The van der Waals surface area contributed by atoms with Crippen LogP contribution >= 0.6 is 0 Å². The zero-order valence-electron chi connectivity index (χ0n) is 3.36. The van der Waals surface area contributed by atoms with E-state index in [4.69, 9.17) is 4.79 Å². The monoisotopic (exact) mass is 124 g/mol. The first-order valence-corrected chi connectivity index (χ1v) is 1.20. The van der Waals surface area contributed by atoms with E-state index in [0.717, 1.165) is 0 Å². The van der Waals surface area contributed by atoms with E-state index in [9.17, 15) is 0 Å². The summed E-state index contributed by atoms with van der Waals surface area (Å²) >= 11 is 0. The number of hydrogen-bond donors (Lipinski definition) is 2. The molecule has 4 heteroatoms. The maximum atomic E-state index is 9.11. The normalized spacial score (nSPS) is 5.50. The smallest absolute Gasteiger partial charge is 0.000513 e. The van der Waals surface area contributed by atoms with E-state index in [0.29, 0.717) is 0 Å². The van der Waals surface area contributed by atoms with Gasteiger partial charge in [-0.2, -0.15) is 6.41 Å². The summed E-state index contributed by atoms with van der Waals surface area (Å²) in [4.78, 5) is 9.11. The molecule has 0 spiro atoms. The molecule has 0 unspecified atom stereocenters. The molecule has 0 saturated heterocycles. The topological polar surface area (TPSA) is 41.1 Å². The van der Waals surface area contributed by atoms with Gasteiger partial charge in [0.2, 0.25) is 0 Å². The van der Waals surface area contributed by atoms with E-state index >= 15 is 0 Å². The average molecular weight is 124 g/mol. The molecule has 2 N–H and O–H groups in total. The summed E-state index contributed by atoms with van der Waals surface area (Å²) in [5.74, 6) is 0. The standard InChI is InChI=1S/C2H5N2O.V/c1-3-4-2-5;/h3H,1H3,(H,4,5);/q-1;. The Morgan fingerprint density at radius 1 is 1.67 bits per heavy atom. The van der Waals surface area contributed by atoms with Crippen molar-refractivity contribution in [2.45, 2.75) is 0 Å². The molecule has 0 aliphatic rings. The van der Waals surface area contributed by atoms with Crippen molar-refractivity contribution >= 4 is 6.41 Å². The molecule has 0 heterocycles. The first-order chi connectivity index (χ1) is 2.41. The van der Waals surface area contributed by atoms with Gasteiger partial charge in [0.1, 0.15) is 0 Å². The molecular formula is C2H5N2OV-. The molecular weight excluding hydrogens is 119 g/mol. The van der Waals surface area contributed by atoms with E-state index in [1.807, 2.05) is 0 Å². The molecule has 0 rings (SSSR count). The van der Waals surface area contributed by atoms with Gasteiger partial charge in [-0.3, -0.25) is 5.43 Å². The second-order valence-electron chi connectivity index (χ2n) is 0.477. The molecule has 0 aliphatic carbocycles. The molecule has 0 fully saturated rings. The van der Waals surface area contributed by atoms with Gasteiger partial charge in [0, 0.05) is 25.6 Å². The molecule has 0 bridgehead atoms. The zero-order valence-corrected chi connectivity index (χ0v) is 4.75. The molecule has 35 valence electrons. The molecule has 0 aromatic rings. The third-order valence-electron chi connectivity index (χ3n) is 0.176. The van der Waals surface area contributed by atoms with E-state index in [-0.39, 0.29) is 18.6 Å². The van der Waals surface area contributed by atoms with Crippen LogP contribution in [0.4, 0.5) is 0 Å². The summed E-state index contributed by atoms with van der Waals surface area (Å²) in [5, 5.41) is 0. The van der Waals surface area contributed by atoms with Crippen LogP contribution in [0.5, 0.6) is 0 Å². The molecule has 0 atom stereocenters. The number of hydrogen-bond acceptors (Lipinski definition) is 2. The molecule has 0 saturated carbocycles. The van der Waals surface area contributed by atoms with Crippen molar-refractivity contribution in [2.24, 2.45) is 0 Å². The van der Waals surface area contributed by atoms with Crippen LogP contribution in [0.1, 0.15) is 0 Å². The predicted octanol–water partition coefficient (Wildman–Crippen LogP) is -1.22. The number of rotatable bonds is 2. The van der Waals surface area contributed by atoms with Crippen molar-refractivity contribution in [1.29, 1.82) is 0 Å². The van der Waals surface area contributed by atoms with Crippen LogP contribution in [0.2, 0.25) is 0 Å². The van der Waals surface area contributed by atoms with Gasteiger partial charge in [-0.05, 0) is 0 Å². The minimum atomic E-state index is 0. The van der Waals surface area contributed by atoms with Crippen molar-refractivity contribution in [3.63, 3.8) is 0 Å². The molecule has 6 heavy (non-hydrogen) atoms. The number of nitrogens with one attached hydrogen (secondary N) is 2. The molecule has 0 aromatic heterocycles. The van der Waals surface area contributed by atoms with Gasteiger partial charge in [0.15, 0.2) is 0 Å². The first kappa shape index (κ1) is 9.38. The van der Waals surface area contributed by atoms with Crippen molar-refractivity contribution in [3.8, 4) is 0 Å². The van der Waals surface area contributed by atoms with Crippen molar-refractivity contribution in [1.82, 2.24) is 10.9 Å². The van der Waals surface area contributed by atoms with Crippen LogP contribution in [0.15, 0.2) is 0 Å². The van der Waals surface area contributed by atoms with Crippen molar-refractivity contribution in [3.05, 3.63) is 0 Å². The number of amides is 1. The maximum Gasteiger partial charge on any atom is 0.000513 e. The van der Waals surface area contributed by atoms with Gasteiger partial charge in [-0.15, -0.1) is 0 Å². The van der Waals surface area contributed by atoms with Crippen LogP contribution in [0, 0.1) is 0 Å². The van der Waals surface area contributed by atoms with Crippen molar-refractivity contribution in [2.75, 3.05) is 7.05 Å². The Labute approximate surface area is 48.3 Å². The Morgan fingerprint density at radius 2 is 2.17 bits per heavy atom. The largest absolute Gasteiger partial charge is 0.519 e. The summed E-state index contributed by atoms with van der Waals surface area (Å²) in [5.41, 5.74) is 4.40. The van der Waals surface area contributed by atoms with E-state index in [2.05, 4.69) is 10.9 Å². The van der Waals surface area contributed by atoms with Crippen LogP contribution in [0.3, 0.4) is 0 Å². The summed E-state index contributed by atoms with van der Waals surface area (Å²) in [6, 6.07) is 0. The number of hydrazine groups is 1. The predicted molar refractivity (Wildman–Crippen MR) is 17.9 cm³/mol. The Hall–Kier alpha value is 0.0144. The van der Waals surface area contributed by atoms with Crippen molar-refractivity contribution < 1.29 is 23.4 Å². The molecule has 1 radical (unpaired) electrons. The zero-order chi connectivity index (χ0) is 4.12. The van der Waals surface area contributed by atoms with Gasteiger partial charge < -0.3 is 10.2 Å². The number of carbonyl (C=O) groups excluding carboxylic acids is 1. The van der Waals surface area contributed by atoms with Crippen LogP contribution in [-0.2, 0) is 23.4 Å². The Bertz CT molecular complexity index is 32.7. The minimum Gasteiger partial charge on any atom is -0.519 e. The molecule has 0 aromatic carbocycles. The van der Waals surface area contributed by atoms with E-state index in [1.54, 1.807) is 7.05 Å². The van der Waals surface area contributed by atoms with Crippen LogP contribution < -0.4 is 10.9 Å². The van der Waals surface area contributed by atoms with Gasteiger partial charge in [-0.1, -0.05) is 0 Å². The fourth-order valence-corrected chi connectivity index (χ4v) is 0.0510. The quantitative estimate of drug-likeness (QED) is 0.275. The fourth-order valence-electron chi connectivity index (χ4n) is 0.0510. The Balaban J connectivity index is 0. The van der Waals surface area contributed by atoms with Gasteiger partial charge >= 0.3 is 0 Å². The average Bonchev–Trinajstić information content (AvgIpc) is 1.41. The minimum absolute atomic E-state index is 0. The fraction of sp³-hybridized carbons (Fsp3) is 0.500. The van der Waals surface area contributed by atoms with Gasteiger partial charge in [0.05, 0.1) is 0 Å². The van der Waals surface area contributed by atoms with Crippen LogP contribution in [0.25, 0.3) is 0 Å². The Morgan fingerprint density at radius 3 is 2.17 bits per heavy atom.